The molecule has 0 saturated heterocycles. The van der Waals surface area contributed by atoms with Crippen molar-refractivity contribution in [2.24, 2.45) is 5.10 Å². The Balaban J connectivity index is 1.55. The number of carbonyl (C=O) groups excluding carboxylic acids is 1. The van der Waals surface area contributed by atoms with Crippen LogP contribution in [0.5, 0.6) is 0 Å². The van der Waals surface area contributed by atoms with E-state index >= 15 is 0 Å². The van der Waals surface area contributed by atoms with E-state index in [9.17, 15) is 4.79 Å². The highest BCUT2D eigenvalue weighted by atomic mass is 16.2. The van der Waals surface area contributed by atoms with Crippen molar-refractivity contribution >= 4 is 22.9 Å². The average molecular weight is 416 g/mol. The minimum Gasteiger partial charge on any atom is -0.265 e. The number of rotatable bonds is 5. The van der Waals surface area contributed by atoms with E-state index in [1.165, 1.54) is 0 Å². The van der Waals surface area contributed by atoms with Crippen LogP contribution in [0.15, 0.2) is 114 Å². The van der Waals surface area contributed by atoms with Gasteiger partial charge in [-0.05, 0) is 34.5 Å². The zero-order chi connectivity index (χ0) is 21.8. The molecule has 32 heavy (non-hydrogen) atoms. The van der Waals surface area contributed by atoms with Gasteiger partial charge in [0.05, 0.1) is 17.6 Å². The van der Waals surface area contributed by atoms with Crippen LogP contribution < -0.4 is 5.43 Å². The summed E-state index contributed by atoms with van der Waals surface area (Å²) in [7, 11) is 0. The van der Waals surface area contributed by atoms with Crippen LogP contribution in [0.3, 0.4) is 0 Å². The Bertz CT molecular complexity index is 1400. The summed E-state index contributed by atoms with van der Waals surface area (Å²) in [4.78, 5) is 12.8. The smallest absolute Gasteiger partial charge is 0.265 e. The molecule has 1 N–H and O–H groups in total. The monoisotopic (exact) mass is 416 g/mol. The van der Waals surface area contributed by atoms with Crippen molar-refractivity contribution in [3.05, 3.63) is 120 Å². The van der Waals surface area contributed by atoms with Crippen LogP contribution in [-0.2, 0) is 0 Å². The lowest BCUT2D eigenvalue weighted by molar-refractivity contribution is 0.0949. The van der Waals surface area contributed by atoms with Crippen LogP contribution in [0.4, 0.5) is 0 Å². The Kier molecular flexibility index (Phi) is 5.29. The van der Waals surface area contributed by atoms with E-state index in [1.807, 2.05) is 91.0 Å². The average Bonchev–Trinajstić information content (AvgIpc) is 3.30. The van der Waals surface area contributed by atoms with Crippen molar-refractivity contribution in [3.63, 3.8) is 0 Å². The summed E-state index contributed by atoms with van der Waals surface area (Å²) in [6.45, 7) is 0. The molecule has 1 aromatic heterocycles. The van der Waals surface area contributed by atoms with Gasteiger partial charge < -0.3 is 0 Å². The molecule has 0 aliphatic carbocycles. The molecule has 0 radical (unpaired) electrons. The Labute approximate surface area is 185 Å². The first-order valence-corrected chi connectivity index (χ1v) is 10.3. The van der Waals surface area contributed by atoms with E-state index in [4.69, 9.17) is 0 Å². The molecule has 0 fully saturated rings. The number of nitrogens with one attached hydrogen (secondary N) is 1. The van der Waals surface area contributed by atoms with Gasteiger partial charge >= 0.3 is 0 Å². The number of benzene rings is 4. The molecule has 5 aromatic rings. The molecule has 0 saturated carbocycles. The molecular weight excluding hydrogens is 396 g/mol. The number of hydrogen-bond donors (Lipinski definition) is 1. The van der Waals surface area contributed by atoms with Crippen LogP contribution in [0.1, 0.15) is 16.1 Å². The SMILES string of the molecule is O=C(N/N=C\c1ccccc1)c1cc(-c2cccc3ccccc23)n(-c2ccccc2)n1. The van der Waals surface area contributed by atoms with E-state index < -0.39 is 0 Å². The predicted octanol–water partition coefficient (Wildman–Crippen LogP) is 5.46. The van der Waals surface area contributed by atoms with Gasteiger partial charge in [0, 0.05) is 5.56 Å². The first kappa shape index (κ1) is 19.5. The Morgan fingerprint density at radius 2 is 1.50 bits per heavy atom. The van der Waals surface area contributed by atoms with Crippen LogP contribution in [0.2, 0.25) is 0 Å². The van der Waals surface area contributed by atoms with Gasteiger partial charge in [-0.25, -0.2) is 10.1 Å². The van der Waals surface area contributed by atoms with Crippen molar-refractivity contribution in [1.82, 2.24) is 15.2 Å². The zero-order valence-corrected chi connectivity index (χ0v) is 17.2. The van der Waals surface area contributed by atoms with Gasteiger partial charge in [-0.15, -0.1) is 0 Å². The Hall–Kier alpha value is -4.51. The van der Waals surface area contributed by atoms with Crippen LogP contribution in [0, 0.1) is 0 Å². The fourth-order valence-corrected chi connectivity index (χ4v) is 3.66. The molecule has 0 bridgehead atoms. The molecule has 4 aromatic carbocycles. The van der Waals surface area contributed by atoms with E-state index in [0.717, 1.165) is 33.3 Å². The lowest BCUT2D eigenvalue weighted by Gasteiger charge is -2.10. The fraction of sp³-hybridized carbons (Fsp3) is 0. The molecule has 154 valence electrons. The minimum absolute atomic E-state index is 0.294. The number of para-hydroxylation sites is 1. The number of carbonyl (C=O) groups is 1. The van der Waals surface area contributed by atoms with Gasteiger partial charge in [0.15, 0.2) is 5.69 Å². The maximum atomic E-state index is 12.8. The van der Waals surface area contributed by atoms with Gasteiger partial charge in [0.1, 0.15) is 0 Å². The summed E-state index contributed by atoms with van der Waals surface area (Å²) >= 11 is 0. The Morgan fingerprint density at radius 3 is 2.31 bits per heavy atom. The second-order valence-corrected chi connectivity index (χ2v) is 7.30. The molecule has 5 nitrogen and oxygen atoms in total. The number of fused-ring (bicyclic) bond motifs is 1. The van der Waals surface area contributed by atoms with Crippen molar-refractivity contribution in [1.29, 1.82) is 0 Å². The molecule has 0 aliphatic rings. The molecule has 1 heterocycles. The predicted molar refractivity (Wildman–Crippen MR) is 128 cm³/mol. The third kappa shape index (κ3) is 3.91. The van der Waals surface area contributed by atoms with Crippen LogP contribution in [-0.4, -0.2) is 21.9 Å². The summed E-state index contributed by atoms with van der Waals surface area (Å²) < 4.78 is 1.80. The first-order valence-electron chi connectivity index (χ1n) is 10.3. The summed E-state index contributed by atoms with van der Waals surface area (Å²) in [6, 6.07) is 35.5. The fourth-order valence-electron chi connectivity index (χ4n) is 3.66. The minimum atomic E-state index is -0.367. The number of nitrogens with zero attached hydrogens (tertiary/aromatic N) is 3. The molecule has 5 rings (SSSR count). The maximum absolute atomic E-state index is 12.8. The van der Waals surface area contributed by atoms with Gasteiger partial charge in [-0.1, -0.05) is 91.0 Å². The zero-order valence-electron chi connectivity index (χ0n) is 17.2. The quantitative estimate of drug-likeness (QED) is 0.306. The third-order valence-corrected chi connectivity index (χ3v) is 5.19. The van der Waals surface area contributed by atoms with Gasteiger partial charge in [-0.2, -0.15) is 10.2 Å². The number of hydrazone groups is 1. The van der Waals surface area contributed by atoms with Crippen LogP contribution >= 0.6 is 0 Å². The van der Waals surface area contributed by atoms with Crippen molar-refractivity contribution < 1.29 is 4.79 Å². The summed E-state index contributed by atoms with van der Waals surface area (Å²) in [6.07, 6.45) is 1.61. The number of aromatic nitrogens is 2. The molecule has 0 aliphatic heterocycles. The summed E-state index contributed by atoms with van der Waals surface area (Å²) in [5.74, 6) is -0.367. The van der Waals surface area contributed by atoms with E-state index in [-0.39, 0.29) is 5.91 Å². The number of amides is 1. The highest BCUT2D eigenvalue weighted by Gasteiger charge is 2.18. The van der Waals surface area contributed by atoms with Crippen LogP contribution in [0.25, 0.3) is 27.7 Å². The van der Waals surface area contributed by atoms with Gasteiger partial charge in [0.25, 0.3) is 5.91 Å². The first-order chi connectivity index (χ1) is 15.8. The van der Waals surface area contributed by atoms with Crippen molar-refractivity contribution in [2.75, 3.05) is 0 Å². The van der Waals surface area contributed by atoms with Gasteiger partial charge in [0.2, 0.25) is 0 Å². The molecule has 0 atom stereocenters. The molecule has 5 heteroatoms. The highest BCUT2D eigenvalue weighted by Crippen LogP contribution is 2.30. The van der Waals surface area contributed by atoms with E-state index in [0.29, 0.717) is 5.69 Å². The second-order valence-electron chi connectivity index (χ2n) is 7.30. The topological polar surface area (TPSA) is 59.3 Å². The van der Waals surface area contributed by atoms with Gasteiger partial charge in [-0.3, -0.25) is 4.79 Å². The lowest BCUT2D eigenvalue weighted by atomic mass is 10.0. The van der Waals surface area contributed by atoms with Crippen molar-refractivity contribution in [2.45, 2.75) is 0 Å². The summed E-state index contributed by atoms with van der Waals surface area (Å²) in [5, 5.41) is 10.9. The standard InChI is InChI=1S/C27H20N4O/c32-27(29-28-19-20-10-3-1-4-11-20)25-18-26(31(30-25)22-14-5-2-6-15-22)24-17-9-13-21-12-7-8-16-23(21)24/h1-19H,(H,29,32)/b28-19-. The maximum Gasteiger partial charge on any atom is 0.291 e. The molecular formula is C27H20N4O. The molecule has 1 amide bonds. The van der Waals surface area contributed by atoms with Crippen molar-refractivity contribution in [3.8, 4) is 16.9 Å². The normalized spacial score (nSPS) is 11.1. The lowest BCUT2D eigenvalue weighted by Crippen LogP contribution is -2.18. The van der Waals surface area contributed by atoms with E-state index in [2.05, 4.69) is 33.8 Å². The molecule has 0 spiro atoms. The third-order valence-electron chi connectivity index (χ3n) is 5.19. The highest BCUT2D eigenvalue weighted by molar-refractivity contribution is 5.99. The van der Waals surface area contributed by atoms with E-state index in [1.54, 1.807) is 10.9 Å². The number of hydrogen-bond acceptors (Lipinski definition) is 3. The second kappa shape index (κ2) is 8.70. The largest absolute Gasteiger partial charge is 0.291 e. The summed E-state index contributed by atoms with van der Waals surface area (Å²) in [5.41, 5.74) is 6.50. The Morgan fingerprint density at radius 1 is 0.812 bits per heavy atom. The molecule has 0 unspecified atom stereocenters.